The molecule has 0 aliphatic carbocycles. The van der Waals surface area contributed by atoms with Gasteiger partial charge in [0.25, 0.3) is 0 Å². The topological polar surface area (TPSA) is 107 Å². The lowest BCUT2D eigenvalue weighted by atomic mass is 9.85. The maximum atomic E-state index is 13.4. The van der Waals surface area contributed by atoms with Crippen LogP contribution in [0.15, 0.2) is 85.5 Å². The Hall–Kier alpha value is -4.36. The minimum absolute atomic E-state index is 0.0196. The average Bonchev–Trinajstić information content (AvgIpc) is 2.84. The van der Waals surface area contributed by atoms with Gasteiger partial charge in [-0.15, -0.1) is 0 Å². The highest BCUT2D eigenvalue weighted by Crippen LogP contribution is 2.45. The molecule has 0 unspecified atom stereocenters. The van der Waals surface area contributed by atoms with E-state index in [0.29, 0.717) is 27.1 Å². The number of rotatable bonds is 2. The first-order valence-electron chi connectivity index (χ1n) is 10.7. The van der Waals surface area contributed by atoms with Crippen molar-refractivity contribution in [3.05, 3.63) is 104 Å². The van der Waals surface area contributed by atoms with E-state index >= 15 is 0 Å². The van der Waals surface area contributed by atoms with Gasteiger partial charge in [0.1, 0.15) is 34.3 Å². The van der Waals surface area contributed by atoms with Crippen LogP contribution in [0.1, 0.15) is 23.5 Å². The molecule has 1 N–H and O–H groups in total. The summed E-state index contributed by atoms with van der Waals surface area (Å²) >= 11 is 5.96. The third-order valence-electron chi connectivity index (χ3n) is 6.21. The molecular weight excluding hydrogens is 472 g/mol. The first kappa shape index (κ1) is 21.2. The monoisotopic (exact) mass is 486 g/mol. The van der Waals surface area contributed by atoms with Gasteiger partial charge < -0.3 is 18.7 Å². The number of ether oxygens (including phenoxy) is 1. The molecule has 6 rings (SSSR count). The highest BCUT2D eigenvalue weighted by Gasteiger charge is 2.35. The molecule has 1 atom stereocenters. The number of para-hydroxylation sites is 1. The lowest BCUT2D eigenvalue weighted by molar-refractivity contribution is -0.135. The zero-order chi connectivity index (χ0) is 24.3. The molecule has 0 bridgehead atoms. The number of phenols is 1. The number of carbonyl (C=O) groups excluding carboxylic acids is 1. The highest BCUT2D eigenvalue weighted by molar-refractivity contribution is 6.30. The molecule has 0 saturated carbocycles. The maximum Gasteiger partial charge on any atom is 0.312 e. The van der Waals surface area contributed by atoms with Gasteiger partial charge in [0.15, 0.2) is 5.43 Å². The Bertz CT molecular complexity index is 1780. The van der Waals surface area contributed by atoms with E-state index in [4.69, 9.17) is 25.2 Å². The highest BCUT2D eigenvalue weighted by atomic mass is 35.5. The molecule has 0 saturated heterocycles. The summed E-state index contributed by atoms with van der Waals surface area (Å²) in [6.45, 7) is 0. The Kier molecular flexibility index (Phi) is 4.76. The van der Waals surface area contributed by atoms with Crippen molar-refractivity contribution < 1.29 is 23.5 Å². The smallest absolute Gasteiger partial charge is 0.312 e. The Labute approximate surface area is 201 Å². The number of carbonyl (C=O) groups is 1. The van der Waals surface area contributed by atoms with Crippen molar-refractivity contribution in [3.8, 4) is 22.6 Å². The Morgan fingerprint density at radius 1 is 0.914 bits per heavy atom. The first-order valence-corrected chi connectivity index (χ1v) is 11.1. The standard InChI is InChI=1S/C27H15ClO7/c28-14-7-5-13(6-8-14)17-11-34-27-23-16(18-12-33-20-4-2-1-3-15(20)25(18)31)9-22(30)35-21(23)10-19(29)24(27)26(17)32/h1-8,10-12,16,29H,9H2/t16-/m1/s1. The lowest BCUT2D eigenvalue weighted by Crippen LogP contribution is -2.25. The fourth-order valence-electron chi connectivity index (χ4n) is 4.56. The van der Waals surface area contributed by atoms with E-state index in [2.05, 4.69) is 0 Å². The van der Waals surface area contributed by atoms with Crippen LogP contribution in [-0.4, -0.2) is 11.1 Å². The Morgan fingerprint density at radius 2 is 1.69 bits per heavy atom. The number of benzene rings is 3. The second-order valence-corrected chi connectivity index (χ2v) is 8.68. The van der Waals surface area contributed by atoms with E-state index in [9.17, 15) is 19.5 Å². The summed E-state index contributed by atoms with van der Waals surface area (Å²) in [6.07, 6.45) is 2.43. The van der Waals surface area contributed by atoms with E-state index in [-0.39, 0.29) is 39.7 Å². The lowest BCUT2D eigenvalue weighted by Gasteiger charge is -2.25. The van der Waals surface area contributed by atoms with Crippen LogP contribution >= 0.6 is 11.6 Å². The molecule has 0 spiro atoms. The predicted molar refractivity (Wildman–Crippen MR) is 129 cm³/mol. The SMILES string of the molecule is O=C1C[C@H](c2coc3ccccc3c2=O)c2c(cc(O)c3c(=O)c(-c4ccc(Cl)cc4)coc23)O1. The molecule has 2 aromatic heterocycles. The molecule has 35 heavy (non-hydrogen) atoms. The van der Waals surface area contributed by atoms with Gasteiger partial charge in [-0.05, 0) is 29.8 Å². The Morgan fingerprint density at radius 3 is 2.49 bits per heavy atom. The van der Waals surface area contributed by atoms with Crippen LogP contribution in [0.4, 0.5) is 0 Å². The maximum absolute atomic E-state index is 13.4. The summed E-state index contributed by atoms with van der Waals surface area (Å²) < 4.78 is 16.9. The number of halogens is 1. The van der Waals surface area contributed by atoms with Gasteiger partial charge >= 0.3 is 5.97 Å². The normalized spacial score (nSPS) is 15.2. The molecule has 1 aliphatic heterocycles. The van der Waals surface area contributed by atoms with Gasteiger partial charge in [0.05, 0.1) is 23.6 Å². The van der Waals surface area contributed by atoms with Crippen molar-refractivity contribution in [2.45, 2.75) is 12.3 Å². The van der Waals surface area contributed by atoms with Crippen LogP contribution in [0.3, 0.4) is 0 Å². The summed E-state index contributed by atoms with van der Waals surface area (Å²) in [4.78, 5) is 39.2. The predicted octanol–water partition coefficient (Wildman–Crippen LogP) is 5.37. The van der Waals surface area contributed by atoms with Gasteiger partial charge in [-0.1, -0.05) is 35.9 Å². The van der Waals surface area contributed by atoms with Crippen molar-refractivity contribution in [3.63, 3.8) is 0 Å². The molecule has 3 aromatic carbocycles. The molecule has 1 aliphatic rings. The summed E-state index contributed by atoms with van der Waals surface area (Å²) in [5, 5.41) is 11.5. The molecular formula is C27H15ClO7. The number of hydrogen-bond acceptors (Lipinski definition) is 7. The second kappa shape index (κ2) is 7.85. The van der Waals surface area contributed by atoms with Crippen LogP contribution in [0.2, 0.25) is 5.02 Å². The molecule has 3 heterocycles. The van der Waals surface area contributed by atoms with Crippen molar-refractivity contribution in [1.29, 1.82) is 0 Å². The quantitative estimate of drug-likeness (QED) is 0.264. The molecule has 0 fully saturated rings. The molecule has 0 amide bonds. The van der Waals surface area contributed by atoms with E-state index in [1.807, 2.05) is 0 Å². The Balaban J connectivity index is 1.63. The first-order chi connectivity index (χ1) is 16.9. The van der Waals surface area contributed by atoms with Gasteiger partial charge in [-0.25, -0.2) is 0 Å². The molecule has 172 valence electrons. The summed E-state index contributed by atoms with van der Waals surface area (Å²) in [7, 11) is 0. The van der Waals surface area contributed by atoms with E-state index in [1.165, 1.54) is 18.6 Å². The number of esters is 1. The number of phenolic OH excluding ortho intramolecular Hbond substituents is 1. The zero-order valence-electron chi connectivity index (χ0n) is 17.9. The third kappa shape index (κ3) is 3.32. The van der Waals surface area contributed by atoms with Gasteiger partial charge in [-0.3, -0.25) is 14.4 Å². The van der Waals surface area contributed by atoms with Gasteiger partial charge in [0, 0.05) is 28.1 Å². The summed E-state index contributed by atoms with van der Waals surface area (Å²) in [6, 6.07) is 14.6. The number of aromatic hydroxyl groups is 1. The fraction of sp³-hybridized carbons (Fsp3) is 0.0741. The van der Waals surface area contributed by atoms with Crippen LogP contribution in [0.25, 0.3) is 33.1 Å². The van der Waals surface area contributed by atoms with Crippen LogP contribution in [-0.2, 0) is 4.79 Å². The largest absolute Gasteiger partial charge is 0.507 e. The van der Waals surface area contributed by atoms with Gasteiger partial charge in [0.2, 0.25) is 5.43 Å². The molecule has 5 aromatic rings. The third-order valence-corrected chi connectivity index (χ3v) is 6.46. The summed E-state index contributed by atoms with van der Waals surface area (Å²) in [5.74, 6) is -1.78. The van der Waals surface area contributed by atoms with Crippen LogP contribution < -0.4 is 15.6 Å². The molecule has 7 nitrogen and oxygen atoms in total. The van der Waals surface area contributed by atoms with E-state index < -0.39 is 23.1 Å². The zero-order valence-corrected chi connectivity index (χ0v) is 18.7. The molecule has 8 heteroatoms. The minimum Gasteiger partial charge on any atom is -0.507 e. The average molecular weight is 487 g/mol. The number of hydrogen-bond donors (Lipinski definition) is 1. The van der Waals surface area contributed by atoms with Gasteiger partial charge in [-0.2, -0.15) is 0 Å². The van der Waals surface area contributed by atoms with Crippen LogP contribution in [0, 0.1) is 0 Å². The van der Waals surface area contributed by atoms with Crippen molar-refractivity contribution in [2.75, 3.05) is 0 Å². The van der Waals surface area contributed by atoms with E-state index in [1.54, 1.807) is 48.5 Å². The second-order valence-electron chi connectivity index (χ2n) is 8.24. The van der Waals surface area contributed by atoms with Crippen LogP contribution in [0.5, 0.6) is 11.5 Å². The minimum atomic E-state index is -0.806. The summed E-state index contributed by atoms with van der Waals surface area (Å²) in [5.41, 5.74) is 0.980. The van der Waals surface area contributed by atoms with Crippen molar-refractivity contribution >= 4 is 39.5 Å². The van der Waals surface area contributed by atoms with E-state index in [0.717, 1.165) is 0 Å². The number of fused-ring (bicyclic) bond motifs is 4. The van der Waals surface area contributed by atoms with Crippen molar-refractivity contribution in [2.24, 2.45) is 0 Å². The molecule has 0 radical (unpaired) electrons. The fourth-order valence-corrected chi connectivity index (χ4v) is 4.69. The van der Waals surface area contributed by atoms with Crippen molar-refractivity contribution in [1.82, 2.24) is 0 Å².